The number of esters is 1. The van der Waals surface area contributed by atoms with E-state index in [1.807, 2.05) is 36.4 Å². The van der Waals surface area contributed by atoms with Gasteiger partial charge >= 0.3 is 12.1 Å². The average molecular weight is 494 g/mol. The Bertz CT molecular complexity index is 1620. The molecule has 0 atom stereocenters. The lowest BCUT2D eigenvalue weighted by Crippen LogP contribution is -2.24. The number of fused-ring (bicyclic) bond motifs is 4. The molecule has 0 bridgehead atoms. The molecule has 36 heavy (non-hydrogen) atoms. The van der Waals surface area contributed by atoms with Crippen molar-refractivity contribution < 1.29 is 27.5 Å². The number of alkyl halides is 3. The molecule has 184 valence electrons. The molecule has 7 nitrogen and oxygen atoms in total. The van der Waals surface area contributed by atoms with Gasteiger partial charge in [0.05, 0.1) is 11.0 Å². The first-order valence-corrected chi connectivity index (χ1v) is 11.2. The van der Waals surface area contributed by atoms with E-state index < -0.39 is 37.0 Å². The minimum atomic E-state index is -4.75. The number of nitrogens with one attached hydrogen (secondary N) is 1. The third-order valence-corrected chi connectivity index (χ3v) is 5.93. The van der Waals surface area contributed by atoms with Crippen molar-refractivity contribution in [3.63, 3.8) is 0 Å². The maximum absolute atomic E-state index is 13.4. The van der Waals surface area contributed by atoms with Gasteiger partial charge in [0.25, 0.3) is 5.91 Å². The van der Waals surface area contributed by atoms with E-state index >= 15 is 0 Å². The average Bonchev–Trinajstić information content (AvgIpc) is 3.38. The Morgan fingerprint density at radius 1 is 0.917 bits per heavy atom. The fraction of sp³-hybridized carbons (Fsp3) is 0.192. The Morgan fingerprint density at radius 3 is 2.36 bits per heavy atom. The Labute approximate surface area is 203 Å². The summed E-state index contributed by atoms with van der Waals surface area (Å²) in [6, 6.07) is 19.4. The molecule has 0 aliphatic carbocycles. The van der Waals surface area contributed by atoms with Crippen molar-refractivity contribution in [3.8, 4) is 0 Å². The second kappa shape index (κ2) is 9.03. The molecule has 1 N–H and O–H groups in total. The number of aryl methyl sites for hydroxylation is 1. The highest BCUT2D eigenvalue weighted by Gasteiger charge is 2.38. The Balaban J connectivity index is 1.29. The van der Waals surface area contributed by atoms with E-state index in [0.717, 1.165) is 32.9 Å². The van der Waals surface area contributed by atoms with Crippen molar-refractivity contribution in [2.75, 3.05) is 11.9 Å². The lowest BCUT2D eigenvalue weighted by molar-refractivity contribution is -0.152. The van der Waals surface area contributed by atoms with Gasteiger partial charge in [-0.3, -0.25) is 9.59 Å². The zero-order chi connectivity index (χ0) is 25.4. The van der Waals surface area contributed by atoms with Crippen LogP contribution in [0.25, 0.3) is 32.8 Å². The number of benzene rings is 3. The molecule has 3 aromatic carbocycles. The van der Waals surface area contributed by atoms with E-state index in [1.54, 1.807) is 18.2 Å². The highest BCUT2D eigenvalue weighted by molar-refractivity contribution is 6.09. The number of imidazole rings is 1. The second-order valence-corrected chi connectivity index (χ2v) is 8.21. The molecular formula is C26H21F3N4O3. The predicted octanol–water partition coefficient (Wildman–Crippen LogP) is 5.36. The number of para-hydroxylation sites is 3. The molecule has 5 rings (SSSR count). The van der Waals surface area contributed by atoms with Gasteiger partial charge in [-0.1, -0.05) is 30.3 Å². The Kier molecular flexibility index (Phi) is 5.87. The van der Waals surface area contributed by atoms with Crippen LogP contribution in [-0.2, 0) is 33.6 Å². The standard InChI is InChI=1S/C26H21F3N4O3/c1-2-32-20-9-5-3-7-17(20)18-13-16(11-12-21(18)32)30-23(34)15-36-24(35)14-33-22-10-6-4-8-19(22)31-25(33)26(27,28)29/h3-13H,2,14-15H2,1H3,(H,30,34). The molecule has 0 radical (unpaired) electrons. The van der Waals surface area contributed by atoms with Crippen molar-refractivity contribution in [1.29, 1.82) is 0 Å². The minimum absolute atomic E-state index is 0.107. The topological polar surface area (TPSA) is 78.2 Å². The molecule has 2 heterocycles. The smallest absolute Gasteiger partial charge is 0.449 e. The van der Waals surface area contributed by atoms with Crippen LogP contribution in [0.5, 0.6) is 0 Å². The summed E-state index contributed by atoms with van der Waals surface area (Å²) < 4.78 is 48.2. The molecule has 0 aliphatic heterocycles. The summed E-state index contributed by atoms with van der Waals surface area (Å²) in [5, 5.41) is 4.69. The van der Waals surface area contributed by atoms with E-state index in [2.05, 4.69) is 21.8 Å². The van der Waals surface area contributed by atoms with Crippen LogP contribution >= 0.6 is 0 Å². The summed E-state index contributed by atoms with van der Waals surface area (Å²) in [4.78, 5) is 28.3. The van der Waals surface area contributed by atoms with E-state index in [0.29, 0.717) is 5.69 Å². The molecule has 0 spiro atoms. The van der Waals surface area contributed by atoms with Crippen LogP contribution in [0, 0.1) is 0 Å². The van der Waals surface area contributed by atoms with E-state index in [1.165, 1.54) is 12.1 Å². The minimum Gasteiger partial charge on any atom is -0.454 e. The van der Waals surface area contributed by atoms with E-state index in [9.17, 15) is 22.8 Å². The second-order valence-electron chi connectivity index (χ2n) is 8.21. The number of anilines is 1. The highest BCUT2D eigenvalue weighted by atomic mass is 19.4. The van der Waals surface area contributed by atoms with Crippen LogP contribution in [0.1, 0.15) is 12.7 Å². The molecule has 0 fully saturated rings. The van der Waals surface area contributed by atoms with E-state index in [4.69, 9.17) is 4.74 Å². The number of hydrogen-bond acceptors (Lipinski definition) is 4. The Morgan fingerprint density at radius 2 is 1.61 bits per heavy atom. The quantitative estimate of drug-likeness (QED) is 0.322. The van der Waals surface area contributed by atoms with Crippen molar-refractivity contribution in [2.45, 2.75) is 26.2 Å². The molecule has 0 aliphatic rings. The summed E-state index contributed by atoms with van der Waals surface area (Å²) in [6.07, 6.45) is -4.75. The first kappa shape index (κ1) is 23.4. The van der Waals surface area contributed by atoms with Crippen LogP contribution in [0.15, 0.2) is 66.7 Å². The SMILES string of the molecule is CCn1c2ccccc2c2cc(NC(=O)COC(=O)Cn3c(C(F)(F)F)nc4ccccc43)ccc21. The monoisotopic (exact) mass is 494 g/mol. The number of ether oxygens (including phenoxy) is 1. The molecule has 0 unspecified atom stereocenters. The third kappa shape index (κ3) is 4.26. The van der Waals surface area contributed by atoms with Gasteiger partial charge < -0.3 is 19.2 Å². The molecule has 0 saturated carbocycles. The number of halogens is 3. The van der Waals surface area contributed by atoms with Crippen LogP contribution < -0.4 is 5.32 Å². The lowest BCUT2D eigenvalue weighted by atomic mass is 10.1. The number of carbonyl (C=O) groups is 2. The number of amides is 1. The van der Waals surface area contributed by atoms with Crippen LogP contribution in [0.3, 0.4) is 0 Å². The number of carbonyl (C=O) groups excluding carboxylic acids is 2. The summed E-state index contributed by atoms with van der Waals surface area (Å²) in [5.41, 5.74) is 2.87. The van der Waals surface area contributed by atoms with Gasteiger partial charge in [-0.2, -0.15) is 13.2 Å². The van der Waals surface area contributed by atoms with Gasteiger partial charge in [-0.15, -0.1) is 0 Å². The largest absolute Gasteiger partial charge is 0.454 e. The van der Waals surface area contributed by atoms with Gasteiger partial charge in [-0.05, 0) is 43.3 Å². The normalized spacial score (nSPS) is 11.9. The molecule has 1 amide bonds. The fourth-order valence-electron chi connectivity index (χ4n) is 4.44. The van der Waals surface area contributed by atoms with Crippen molar-refractivity contribution >= 4 is 50.4 Å². The number of aromatic nitrogens is 3. The summed E-state index contributed by atoms with van der Waals surface area (Å²) in [5.74, 6) is -2.79. The van der Waals surface area contributed by atoms with Gasteiger partial charge in [-0.25, -0.2) is 4.98 Å². The predicted molar refractivity (Wildman–Crippen MR) is 129 cm³/mol. The van der Waals surface area contributed by atoms with Gasteiger partial charge in [0, 0.05) is 34.0 Å². The summed E-state index contributed by atoms with van der Waals surface area (Å²) in [7, 11) is 0. The first-order valence-electron chi connectivity index (χ1n) is 11.2. The number of hydrogen-bond donors (Lipinski definition) is 1. The summed E-state index contributed by atoms with van der Waals surface area (Å²) >= 11 is 0. The zero-order valence-electron chi connectivity index (χ0n) is 19.2. The summed E-state index contributed by atoms with van der Waals surface area (Å²) in [6.45, 7) is 1.47. The van der Waals surface area contributed by atoms with Crippen LogP contribution in [0.2, 0.25) is 0 Å². The van der Waals surface area contributed by atoms with E-state index in [-0.39, 0.29) is 11.0 Å². The van der Waals surface area contributed by atoms with Gasteiger partial charge in [0.15, 0.2) is 6.61 Å². The van der Waals surface area contributed by atoms with Crippen LogP contribution in [0.4, 0.5) is 18.9 Å². The molecule has 5 aromatic rings. The third-order valence-electron chi connectivity index (χ3n) is 5.93. The lowest BCUT2D eigenvalue weighted by Gasteiger charge is -2.11. The molecule has 0 saturated heterocycles. The van der Waals surface area contributed by atoms with Gasteiger partial charge in [0.2, 0.25) is 5.82 Å². The maximum Gasteiger partial charge on any atom is 0.449 e. The maximum atomic E-state index is 13.4. The number of rotatable bonds is 6. The Hall–Kier alpha value is -4.34. The first-order chi connectivity index (χ1) is 17.3. The molecular weight excluding hydrogens is 473 g/mol. The van der Waals surface area contributed by atoms with Crippen LogP contribution in [-0.4, -0.2) is 32.6 Å². The fourth-order valence-corrected chi connectivity index (χ4v) is 4.44. The highest BCUT2D eigenvalue weighted by Crippen LogP contribution is 2.32. The number of nitrogens with zero attached hydrogens (tertiary/aromatic N) is 3. The zero-order valence-corrected chi connectivity index (χ0v) is 19.2. The molecule has 2 aromatic heterocycles. The molecule has 10 heteroatoms. The van der Waals surface area contributed by atoms with Gasteiger partial charge in [0.1, 0.15) is 6.54 Å². The van der Waals surface area contributed by atoms with Crippen molar-refractivity contribution in [3.05, 3.63) is 72.6 Å². The van der Waals surface area contributed by atoms with Crippen molar-refractivity contribution in [2.24, 2.45) is 0 Å². The van der Waals surface area contributed by atoms with Crippen molar-refractivity contribution in [1.82, 2.24) is 14.1 Å².